The lowest BCUT2D eigenvalue weighted by Crippen LogP contribution is -1.82. The Kier molecular flexibility index (Phi) is 3.57. The molecule has 2 heteroatoms. The molecule has 0 aliphatic rings. The third-order valence-electron chi connectivity index (χ3n) is 3.24. The van der Waals surface area contributed by atoms with E-state index in [-0.39, 0.29) is 0 Å². The molecule has 0 atom stereocenters. The topological polar surface area (TPSA) is 20.2 Å². The molecule has 3 aromatic rings. The van der Waals surface area contributed by atoms with Gasteiger partial charge in [0, 0.05) is 10.0 Å². The number of benzene rings is 3. The smallest absolute Gasteiger partial charge is 0.123 e. The SMILES string of the molecule is Oc1ccccc1-c1cccc(-c2cccc(Br)c2)c1. The van der Waals surface area contributed by atoms with E-state index in [2.05, 4.69) is 40.2 Å². The van der Waals surface area contributed by atoms with Gasteiger partial charge in [-0.05, 0) is 41.0 Å². The van der Waals surface area contributed by atoms with Crippen LogP contribution in [0.25, 0.3) is 22.3 Å². The van der Waals surface area contributed by atoms with E-state index < -0.39 is 0 Å². The Labute approximate surface area is 126 Å². The highest BCUT2D eigenvalue weighted by Gasteiger charge is 2.05. The largest absolute Gasteiger partial charge is 0.507 e. The van der Waals surface area contributed by atoms with Crippen LogP contribution >= 0.6 is 15.9 Å². The summed E-state index contributed by atoms with van der Waals surface area (Å²) >= 11 is 3.49. The number of aromatic hydroxyl groups is 1. The normalized spacial score (nSPS) is 10.4. The second-order valence-electron chi connectivity index (χ2n) is 4.61. The average molecular weight is 325 g/mol. The molecule has 0 saturated carbocycles. The van der Waals surface area contributed by atoms with Gasteiger partial charge in [0.2, 0.25) is 0 Å². The summed E-state index contributed by atoms with van der Waals surface area (Å²) in [6.45, 7) is 0. The van der Waals surface area contributed by atoms with Crippen molar-refractivity contribution >= 4 is 15.9 Å². The summed E-state index contributed by atoms with van der Waals surface area (Å²) in [6, 6.07) is 23.8. The summed E-state index contributed by atoms with van der Waals surface area (Å²) in [7, 11) is 0. The summed E-state index contributed by atoms with van der Waals surface area (Å²) in [5, 5.41) is 9.96. The molecule has 1 nitrogen and oxygen atoms in total. The van der Waals surface area contributed by atoms with Crippen molar-refractivity contribution in [2.24, 2.45) is 0 Å². The van der Waals surface area contributed by atoms with Gasteiger partial charge in [-0.1, -0.05) is 64.5 Å². The zero-order valence-electron chi connectivity index (χ0n) is 10.8. The van der Waals surface area contributed by atoms with E-state index in [0.29, 0.717) is 5.75 Å². The molecule has 0 aliphatic heterocycles. The van der Waals surface area contributed by atoms with E-state index in [1.807, 2.05) is 42.5 Å². The minimum atomic E-state index is 0.305. The third kappa shape index (κ3) is 2.61. The summed E-state index contributed by atoms with van der Waals surface area (Å²) in [4.78, 5) is 0. The zero-order valence-corrected chi connectivity index (χ0v) is 12.3. The molecule has 0 aliphatic carbocycles. The van der Waals surface area contributed by atoms with Gasteiger partial charge >= 0.3 is 0 Å². The van der Waals surface area contributed by atoms with Crippen molar-refractivity contribution < 1.29 is 5.11 Å². The number of hydrogen-bond acceptors (Lipinski definition) is 1. The third-order valence-corrected chi connectivity index (χ3v) is 3.73. The highest BCUT2D eigenvalue weighted by molar-refractivity contribution is 9.10. The van der Waals surface area contributed by atoms with Crippen LogP contribution in [0.4, 0.5) is 0 Å². The van der Waals surface area contributed by atoms with Gasteiger partial charge in [-0.3, -0.25) is 0 Å². The number of para-hydroxylation sites is 1. The van der Waals surface area contributed by atoms with Crippen LogP contribution in [0.2, 0.25) is 0 Å². The number of rotatable bonds is 2. The zero-order chi connectivity index (χ0) is 13.9. The van der Waals surface area contributed by atoms with Crippen molar-refractivity contribution in [1.82, 2.24) is 0 Å². The first-order valence-corrected chi connectivity index (χ1v) is 7.18. The molecule has 0 aromatic heterocycles. The Morgan fingerprint density at radius 2 is 1.30 bits per heavy atom. The average Bonchev–Trinajstić information content (AvgIpc) is 2.48. The molecule has 0 bridgehead atoms. The lowest BCUT2D eigenvalue weighted by Gasteiger charge is -2.08. The molecule has 3 rings (SSSR count). The van der Waals surface area contributed by atoms with Gasteiger partial charge in [-0.15, -0.1) is 0 Å². The minimum absolute atomic E-state index is 0.305. The molecule has 0 unspecified atom stereocenters. The molecule has 0 amide bonds. The molecule has 0 heterocycles. The first-order valence-electron chi connectivity index (χ1n) is 6.38. The second kappa shape index (κ2) is 5.51. The summed E-state index contributed by atoms with van der Waals surface area (Å²) in [5.74, 6) is 0.305. The minimum Gasteiger partial charge on any atom is -0.507 e. The Balaban J connectivity index is 2.09. The Morgan fingerprint density at radius 3 is 2.05 bits per heavy atom. The van der Waals surface area contributed by atoms with Crippen LogP contribution in [0.15, 0.2) is 77.3 Å². The summed E-state index contributed by atoms with van der Waals surface area (Å²) in [5.41, 5.74) is 4.15. The van der Waals surface area contributed by atoms with Crippen molar-refractivity contribution in [2.75, 3.05) is 0 Å². The van der Waals surface area contributed by atoms with E-state index in [1.165, 1.54) is 0 Å². The van der Waals surface area contributed by atoms with Crippen LogP contribution in [-0.2, 0) is 0 Å². The molecule has 0 spiro atoms. The van der Waals surface area contributed by atoms with Gasteiger partial charge in [0.25, 0.3) is 0 Å². The quantitative estimate of drug-likeness (QED) is 0.661. The number of hydrogen-bond donors (Lipinski definition) is 1. The van der Waals surface area contributed by atoms with E-state index in [1.54, 1.807) is 6.07 Å². The van der Waals surface area contributed by atoms with Crippen LogP contribution < -0.4 is 0 Å². The van der Waals surface area contributed by atoms with E-state index in [0.717, 1.165) is 26.7 Å². The standard InChI is InChI=1S/C18H13BrO/c19-16-8-4-6-14(12-16)13-5-3-7-15(11-13)17-9-1-2-10-18(17)20/h1-12,20H. The monoisotopic (exact) mass is 324 g/mol. The van der Waals surface area contributed by atoms with Gasteiger partial charge < -0.3 is 5.11 Å². The Bertz CT molecular complexity index is 750. The highest BCUT2D eigenvalue weighted by Crippen LogP contribution is 2.32. The fraction of sp³-hybridized carbons (Fsp3) is 0. The van der Waals surface area contributed by atoms with Gasteiger partial charge in [0.1, 0.15) is 5.75 Å². The van der Waals surface area contributed by atoms with Crippen LogP contribution in [0, 0.1) is 0 Å². The first-order chi connectivity index (χ1) is 9.74. The maximum Gasteiger partial charge on any atom is 0.123 e. The molecule has 98 valence electrons. The highest BCUT2D eigenvalue weighted by atomic mass is 79.9. The predicted octanol–water partition coefficient (Wildman–Crippen LogP) is 5.49. The molecular formula is C18H13BrO. The van der Waals surface area contributed by atoms with Crippen molar-refractivity contribution in [1.29, 1.82) is 0 Å². The molecule has 3 aromatic carbocycles. The van der Waals surface area contributed by atoms with Gasteiger partial charge in [0.05, 0.1) is 0 Å². The Hall–Kier alpha value is -2.06. The Morgan fingerprint density at radius 1 is 0.650 bits per heavy atom. The number of halogens is 1. The molecular weight excluding hydrogens is 312 g/mol. The van der Waals surface area contributed by atoms with Crippen molar-refractivity contribution in [3.8, 4) is 28.0 Å². The van der Waals surface area contributed by atoms with Crippen molar-refractivity contribution in [2.45, 2.75) is 0 Å². The maximum atomic E-state index is 9.96. The van der Waals surface area contributed by atoms with E-state index in [4.69, 9.17) is 0 Å². The fourth-order valence-corrected chi connectivity index (χ4v) is 2.65. The lowest BCUT2D eigenvalue weighted by atomic mass is 9.99. The van der Waals surface area contributed by atoms with Gasteiger partial charge in [-0.25, -0.2) is 0 Å². The summed E-state index contributed by atoms with van der Waals surface area (Å²) in [6.07, 6.45) is 0. The van der Waals surface area contributed by atoms with Crippen molar-refractivity contribution in [3.63, 3.8) is 0 Å². The van der Waals surface area contributed by atoms with Crippen LogP contribution in [0.1, 0.15) is 0 Å². The van der Waals surface area contributed by atoms with Gasteiger partial charge in [0.15, 0.2) is 0 Å². The van der Waals surface area contributed by atoms with Crippen LogP contribution in [0.3, 0.4) is 0 Å². The molecule has 0 saturated heterocycles. The fourth-order valence-electron chi connectivity index (χ4n) is 2.25. The van der Waals surface area contributed by atoms with Gasteiger partial charge in [-0.2, -0.15) is 0 Å². The maximum absolute atomic E-state index is 9.96. The van der Waals surface area contributed by atoms with E-state index >= 15 is 0 Å². The van der Waals surface area contributed by atoms with E-state index in [9.17, 15) is 5.11 Å². The first kappa shape index (κ1) is 12.9. The van der Waals surface area contributed by atoms with Crippen molar-refractivity contribution in [3.05, 3.63) is 77.3 Å². The molecule has 20 heavy (non-hydrogen) atoms. The molecule has 0 radical (unpaired) electrons. The number of phenolic OH excluding ortho intramolecular Hbond substituents is 1. The molecule has 0 fully saturated rings. The second-order valence-corrected chi connectivity index (χ2v) is 5.52. The number of phenols is 1. The predicted molar refractivity (Wildman–Crippen MR) is 86.7 cm³/mol. The van der Waals surface area contributed by atoms with Crippen LogP contribution in [0.5, 0.6) is 5.75 Å². The van der Waals surface area contributed by atoms with Crippen LogP contribution in [-0.4, -0.2) is 5.11 Å². The summed E-state index contributed by atoms with van der Waals surface area (Å²) < 4.78 is 1.06. The lowest BCUT2D eigenvalue weighted by molar-refractivity contribution is 0.477. The molecule has 1 N–H and O–H groups in total.